The van der Waals surface area contributed by atoms with Gasteiger partial charge in [-0.1, -0.05) is 6.07 Å². The Bertz CT molecular complexity index is 1350. The number of rotatable bonds is 4. The fourth-order valence-corrected chi connectivity index (χ4v) is 4.29. The molecule has 0 radical (unpaired) electrons. The average molecular weight is 455 g/mol. The van der Waals surface area contributed by atoms with Gasteiger partial charge in [0, 0.05) is 28.8 Å². The Morgan fingerprint density at radius 2 is 2.00 bits per heavy atom. The molecular formula is C24H20F3N3O3. The third-order valence-corrected chi connectivity index (χ3v) is 5.81. The molecule has 2 aromatic heterocycles. The van der Waals surface area contributed by atoms with E-state index in [0.717, 1.165) is 38.4 Å². The van der Waals surface area contributed by atoms with Gasteiger partial charge in [-0.2, -0.15) is 18.3 Å². The molecule has 2 aromatic carbocycles. The summed E-state index contributed by atoms with van der Waals surface area (Å²) < 4.78 is 49.8. The van der Waals surface area contributed by atoms with Crippen LogP contribution in [0.3, 0.4) is 0 Å². The van der Waals surface area contributed by atoms with E-state index in [0.29, 0.717) is 17.6 Å². The number of nitrogens with zero attached hydrogens (tertiary/aromatic N) is 2. The first kappa shape index (κ1) is 21.1. The summed E-state index contributed by atoms with van der Waals surface area (Å²) in [5, 5.41) is 8.06. The van der Waals surface area contributed by atoms with Crippen molar-refractivity contribution in [2.75, 3.05) is 20.2 Å². The number of aromatic amines is 1. The second kappa shape index (κ2) is 7.68. The number of ether oxygens (including phenoxy) is 1. The molecule has 9 heteroatoms. The predicted octanol–water partition coefficient (Wildman–Crippen LogP) is 5.37. The van der Waals surface area contributed by atoms with Crippen LogP contribution in [-0.4, -0.2) is 47.4 Å². The van der Waals surface area contributed by atoms with Gasteiger partial charge in [0.15, 0.2) is 0 Å². The lowest BCUT2D eigenvalue weighted by molar-refractivity contribution is -0.141. The van der Waals surface area contributed by atoms with E-state index >= 15 is 0 Å². The van der Waals surface area contributed by atoms with Crippen LogP contribution in [0.1, 0.15) is 21.6 Å². The number of alkyl halides is 3. The normalized spacial score (nSPS) is 14.1. The van der Waals surface area contributed by atoms with E-state index in [-0.39, 0.29) is 17.9 Å². The van der Waals surface area contributed by atoms with Gasteiger partial charge in [0.2, 0.25) is 0 Å². The zero-order valence-electron chi connectivity index (χ0n) is 17.9. The monoisotopic (exact) mass is 455 g/mol. The number of benzene rings is 2. The SMILES string of the molecule is COc1cc(-c2coc3cc(-c4cc(C)[nH]n4)ccc23)cc2c1C(=O)N(CC(F)(F)F)CC2. The standard InChI is InChI=1S/C24H20F3N3O3/c1-13-7-19(29-28-13)14-3-4-17-18(11-33-20(17)9-14)16-8-15-5-6-30(12-24(25,26)27)23(31)22(15)21(10-16)32-2/h3-4,7-11H,5-6,12H2,1-2H3,(H,28,29). The van der Waals surface area contributed by atoms with Crippen molar-refractivity contribution in [1.82, 2.24) is 15.1 Å². The molecule has 6 nitrogen and oxygen atoms in total. The highest BCUT2D eigenvalue weighted by Gasteiger charge is 2.37. The van der Waals surface area contributed by atoms with Gasteiger partial charge >= 0.3 is 6.18 Å². The molecule has 33 heavy (non-hydrogen) atoms. The Labute approximate surface area is 186 Å². The highest BCUT2D eigenvalue weighted by atomic mass is 19.4. The average Bonchev–Trinajstić information content (AvgIpc) is 3.40. The minimum atomic E-state index is -4.45. The Morgan fingerprint density at radius 1 is 1.18 bits per heavy atom. The van der Waals surface area contributed by atoms with E-state index in [1.54, 1.807) is 12.3 Å². The topological polar surface area (TPSA) is 71.4 Å². The number of methoxy groups -OCH3 is 1. The van der Waals surface area contributed by atoms with Gasteiger partial charge in [0.1, 0.15) is 17.9 Å². The second-order valence-corrected chi connectivity index (χ2v) is 8.10. The van der Waals surface area contributed by atoms with Gasteiger partial charge < -0.3 is 14.1 Å². The lowest BCUT2D eigenvalue weighted by Gasteiger charge is -2.30. The third kappa shape index (κ3) is 3.83. The number of hydrogen-bond acceptors (Lipinski definition) is 4. The summed E-state index contributed by atoms with van der Waals surface area (Å²) in [5.41, 5.74) is 5.76. The van der Waals surface area contributed by atoms with Crippen LogP contribution in [-0.2, 0) is 6.42 Å². The van der Waals surface area contributed by atoms with E-state index < -0.39 is 18.6 Å². The van der Waals surface area contributed by atoms with Crippen LogP contribution in [0, 0.1) is 6.92 Å². The lowest BCUT2D eigenvalue weighted by atomic mass is 9.92. The minimum Gasteiger partial charge on any atom is -0.496 e. The third-order valence-electron chi connectivity index (χ3n) is 5.81. The molecule has 0 spiro atoms. The van der Waals surface area contributed by atoms with E-state index in [9.17, 15) is 18.0 Å². The molecule has 0 unspecified atom stereocenters. The summed E-state index contributed by atoms with van der Waals surface area (Å²) in [5.74, 6) is -0.426. The van der Waals surface area contributed by atoms with E-state index in [4.69, 9.17) is 9.15 Å². The highest BCUT2D eigenvalue weighted by molar-refractivity contribution is 6.02. The molecular weight excluding hydrogens is 435 g/mol. The maximum absolute atomic E-state index is 12.9. The van der Waals surface area contributed by atoms with Gasteiger partial charge in [-0.15, -0.1) is 0 Å². The first-order valence-electron chi connectivity index (χ1n) is 10.3. The number of H-pyrrole nitrogens is 1. The molecule has 0 saturated carbocycles. The number of fused-ring (bicyclic) bond motifs is 2. The Hall–Kier alpha value is -3.75. The number of carbonyl (C=O) groups is 1. The number of furan rings is 1. The summed E-state index contributed by atoms with van der Waals surface area (Å²) in [6.07, 6.45) is -2.52. The van der Waals surface area contributed by atoms with Crippen molar-refractivity contribution in [3.63, 3.8) is 0 Å². The fraction of sp³-hybridized carbons (Fsp3) is 0.250. The quantitative estimate of drug-likeness (QED) is 0.449. The van der Waals surface area contributed by atoms with Gasteiger partial charge in [0.05, 0.1) is 24.6 Å². The molecule has 1 amide bonds. The van der Waals surface area contributed by atoms with Crippen molar-refractivity contribution in [1.29, 1.82) is 0 Å². The van der Waals surface area contributed by atoms with Gasteiger partial charge in [0.25, 0.3) is 5.91 Å². The predicted molar refractivity (Wildman–Crippen MR) is 116 cm³/mol. The molecule has 0 saturated heterocycles. The number of carbonyl (C=O) groups excluding carboxylic acids is 1. The summed E-state index contributed by atoms with van der Waals surface area (Å²) in [7, 11) is 1.40. The first-order chi connectivity index (χ1) is 15.7. The number of nitrogens with one attached hydrogen (secondary N) is 1. The van der Waals surface area contributed by atoms with Crippen molar-refractivity contribution in [3.05, 3.63) is 59.5 Å². The van der Waals surface area contributed by atoms with Gasteiger partial charge in [-0.25, -0.2) is 0 Å². The van der Waals surface area contributed by atoms with Crippen molar-refractivity contribution < 1.29 is 27.1 Å². The van der Waals surface area contributed by atoms with Crippen LogP contribution in [0.5, 0.6) is 5.75 Å². The Kier molecular flexibility index (Phi) is 4.92. The van der Waals surface area contributed by atoms with Crippen LogP contribution in [0.2, 0.25) is 0 Å². The van der Waals surface area contributed by atoms with Crippen LogP contribution < -0.4 is 4.74 Å². The van der Waals surface area contributed by atoms with E-state index in [2.05, 4.69) is 10.2 Å². The second-order valence-electron chi connectivity index (χ2n) is 8.10. The molecule has 0 bridgehead atoms. The van der Waals surface area contributed by atoms with Crippen LogP contribution in [0.15, 0.2) is 47.1 Å². The number of aromatic nitrogens is 2. The van der Waals surface area contributed by atoms with Crippen LogP contribution in [0.4, 0.5) is 13.2 Å². The van der Waals surface area contributed by atoms with Gasteiger partial charge in [-0.05, 0) is 54.8 Å². The van der Waals surface area contributed by atoms with Crippen LogP contribution in [0.25, 0.3) is 33.4 Å². The molecule has 1 aliphatic heterocycles. The van der Waals surface area contributed by atoms with Crippen molar-refractivity contribution in [3.8, 4) is 28.1 Å². The molecule has 0 atom stereocenters. The molecule has 5 rings (SSSR count). The number of hydrogen-bond donors (Lipinski definition) is 1. The largest absolute Gasteiger partial charge is 0.496 e. The van der Waals surface area contributed by atoms with E-state index in [1.165, 1.54) is 7.11 Å². The smallest absolute Gasteiger partial charge is 0.406 e. The highest BCUT2D eigenvalue weighted by Crippen LogP contribution is 2.38. The Balaban J connectivity index is 1.54. The zero-order chi connectivity index (χ0) is 23.3. The summed E-state index contributed by atoms with van der Waals surface area (Å²) in [6.45, 7) is 0.646. The number of aryl methyl sites for hydroxylation is 1. The maximum atomic E-state index is 12.9. The van der Waals surface area contributed by atoms with Crippen molar-refractivity contribution in [2.45, 2.75) is 19.5 Å². The molecule has 0 aliphatic carbocycles. The zero-order valence-corrected chi connectivity index (χ0v) is 17.9. The maximum Gasteiger partial charge on any atom is 0.406 e. The molecule has 170 valence electrons. The molecule has 3 heterocycles. The number of halogens is 3. The molecule has 1 aliphatic rings. The number of amides is 1. The van der Waals surface area contributed by atoms with E-state index in [1.807, 2.05) is 37.3 Å². The summed E-state index contributed by atoms with van der Waals surface area (Å²) in [4.78, 5) is 13.6. The van der Waals surface area contributed by atoms with Gasteiger partial charge in [-0.3, -0.25) is 9.89 Å². The lowest BCUT2D eigenvalue weighted by Crippen LogP contribution is -2.43. The summed E-state index contributed by atoms with van der Waals surface area (Å²) >= 11 is 0. The molecule has 0 fully saturated rings. The molecule has 4 aromatic rings. The summed E-state index contributed by atoms with van der Waals surface area (Å²) in [6, 6.07) is 11.2. The minimum absolute atomic E-state index is 0.00345. The fourth-order valence-electron chi connectivity index (χ4n) is 4.29. The molecule has 1 N–H and O–H groups in total. The van der Waals surface area contributed by atoms with Crippen LogP contribution >= 0.6 is 0 Å². The van der Waals surface area contributed by atoms with Crippen molar-refractivity contribution in [2.24, 2.45) is 0 Å². The Morgan fingerprint density at radius 3 is 2.70 bits per heavy atom. The first-order valence-corrected chi connectivity index (χ1v) is 10.3. The van der Waals surface area contributed by atoms with Crippen molar-refractivity contribution >= 4 is 16.9 Å².